The van der Waals surface area contributed by atoms with Crippen molar-refractivity contribution in [2.75, 3.05) is 0 Å². The Balaban J connectivity index is 2.16. The molecule has 1 aliphatic carbocycles. The normalized spacial score (nSPS) is 16.5. The molecule has 0 spiro atoms. The number of rotatable bonds is 4. The van der Waals surface area contributed by atoms with Crippen LogP contribution < -0.4 is 5.32 Å². The van der Waals surface area contributed by atoms with E-state index in [1.807, 2.05) is 0 Å². The molecule has 1 aromatic rings. The number of carbonyl (C=O) groups is 2. The second-order valence-corrected chi connectivity index (χ2v) is 4.92. The van der Waals surface area contributed by atoms with E-state index in [4.69, 9.17) is 0 Å². The quantitative estimate of drug-likeness (QED) is 0.876. The fourth-order valence-corrected chi connectivity index (χ4v) is 2.07. The molecule has 1 fully saturated rings. The molecule has 19 heavy (non-hydrogen) atoms. The first-order valence-corrected chi connectivity index (χ1v) is 6.28. The molecule has 5 heteroatoms. The van der Waals surface area contributed by atoms with Gasteiger partial charge in [-0.05, 0) is 37.0 Å². The van der Waals surface area contributed by atoms with Gasteiger partial charge in [0.1, 0.15) is 5.82 Å². The van der Waals surface area contributed by atoms with Gasteiger partial charge in [-0.25, -0.2) is 9.18 Å². The summed E-state index contributed by atoms with van der Waals surface area (Å²) in [6.45, 7) is 1.56. The van der Waals surface area contributed by atoms with E-state index in [0.717, 1.165) is 19.3 Å². The number of hydrogen-bond acceptors (Lipinski definition) is 2. The highest BCUT2D eigenvalue weighted by atomic mass is 19.1. The number of amides is 1. The van der Waals surface area contributed by atoms with Crippen LogP contribution >= 0.6 is 0 Å². The molecule has 2 N–H and O–H groups in total. The Labute approximate surface area is 110 Å². The van der Waals surface area contributed by atoms with Crippen LogP contribution in [0.4, 0.5) is 4.39 Å². The summed E-state index contributed by atoms with van der Waals surface area (Å²) in [7, 11) is 0. The van der Waals surface area contributed by atoms with E-state index in [-0.39, 0.29) is 11.8 Å². The average Bonchev–Trinajstić information content (AvgIpc) is 2.27. The van der Waals surface area contributed by atoms with Gasteiger partial charge in [0.25, 0.3) is 0 Å². The van der Waals surface area contributed by atoms with Crippen LogP contribution in [0.2, 0.25) is 0 Å². The van der Waals surface area contributed by atoms with E-state index in [1.165, 1.54) is 18.2 Å². The average molecular weight is 265 g/mol. The molecule has 0 aromatic heterocycles. The number of halogens is 1. The summed E-state index contributed by atoms with van der Waals surface area (Å²) in [4.78, 5) is 23.1. The van der Waals surface area contributed by atoms with Crippen LogP contribution in [0.15, 0.2) is 18.2 Å². The fourth-order valence-electron chi connectivity index (χ4n) is 2.07. The molecule has 1 aromatic carbocycles. The van der Waals surface area contributed by atoms with Gasteiger partial charge >= 0.3 is 5.97 Å². The van der Waals surface area contributed by atoms with E-state index < -0.39 is 17.8 Å². The number of carbonyl (C=O) groups excluding carboxylic acids is 1. The van der Waals surface area contributed by atoms with Gasteiger partial charge in [0.15, 0.2) is 6.04 Å². The topological polar surface area (TPSA) is 66.4 Å². The number of carboxylic acids is 1. The molecule has 0 radical (unpaired) electrons. The van der Waals surface area contributed by atoms with Crippen molar-refractivity contribution in [2.45, 2.75) is 32.2 Å². The van der Waals surface area contributed by atoms with Gasteiger partial charge in [0.05, 0.1) is 0 Å². The molecule has 1 unspecified atom stereocenters. The fraction of sp³-hybridized carbons (Fsp3) is 0.429. The summed E-state index contributed by atoms with van der Waals surface area (Å²) in [5, 5.41) is 11.7. The predicted molar refractivity (Wildman–Crippen MR) is 67.0 cm³/mol. The molecule has 102 valence electrons. The van der Waals surface area contributed by atoms with Crippen molar-refractivity contribution in [2.24, 2.45) is 5.92 Å². The highest BCUT2D eigenvalue weighted by molar-refractivity contribution is 5.86. The van der Waals surface area contributed by atoms with E-state index >= 15 is 0 Å². The number of benzene rings is 1. The lowest BCUT2D eigenvalue weighted by Gasteiger charge is -2.26. The molecular formula is C14H16FNO3. The summed E-state index contributed by atoms with van der Waals surface area (Å²) in [6.07, 6.45) is 2.62. The molecule has 0 bridgehead atoms. The zero-order valence-electron chi connectivity index (χ0n) is 10.6. The Morgan fingerprint density at radius 3 is 2.58 bits per heavy atom. The van der Waals surface area contributed by atoms with Crippen molar-refractivity contribution < 1.29 is 19.1 Å². The maximum absolute atomic E-state index is 13.2. The molecule has 1 atom stereocenters. The van der Waals surface area contributed by atoms with Crippen molar-refractivity contribution in [1.29, 1.82) is 0 Å². The second kappa shape index (κ2) is 5.38. The van der Waals surface area contributed by atoms with Gasteiger partial charge in [-0.1, -0.05) is 18.6 Å². The van der Waals surface area contributed by atoms with Crippen LogP contribution in [0.5, 0.6) is 0 Å². The van der Waals surface area contributed by atoms with Gasteiger partial charge < -0.3 is 10.4 Å². The van der Waals surface area contributed by atoms with Crippen LogP contribution in [0, 0.1) is 18.7 Å². The Morgan fingerprint density at radius 1 is 1.42 bits per heavy atom. The maximum atomic E-state index is 13.2. The van der Waals surface area contributed by atoms with Crippen molar-refractivity contribution >= 4 is 11.9 Å². The van der Waals surface area contributed by atoms with Crippen molar-refractivity contribution in [3.63, 3.8) is 0 Å². The van der Waals surface area contributed by atoms with Gasteiger partial charge in [0.2, 0.25) is 5.91 Å². The minimum absolute atomic E-state index is 0.0802. The molecule has 1 aliphatic rings. The zero-order valence-corrected chi connectivity index (χ0v) is 10.6. The van der Waals surface area contributed by atoms with Gasteiger partial charge in [-0.15, -0.1) is 0 Å². The number of aliphatic carboxylic acids is 1. The first-order chi connectivity index (χ1) is 8.99. The summed E-state index contributed by atoms with van der Waals surface area (Å²) < 4.78 is 13.2. The lowest BCUT2D eigenvalue weighted by molar-refractivity contribution is -0.143. The molecule has 4 nitrogen and oxygen atoms in total. The lowest BCUT2D eigenvalue weighted by Crippen LogP contribution is -2.39. The van der Waals surface area contributed by atoms with Crippen molar-refractivity contribution in [3.05, 3.63) is 35.1 Å². The third-order valence-corrected chi connectivity index (χ3v) is 3.52. The predicted octanol–water partition coefficient (Wildman–Crippen LogP) is 2.18. The minimum atomic E-state index is -1.14. The van der Waals surface area contributed by atoms with Crippen LogP contribution in [-0.2, 0) is 9.59 Å². The Hall–Kier alpha value is -1.91. The highest BCUT2D eigenvalue weighted by Crippen LogP contribution is 2.27. The number of hydrogen-bond donors (Lipinski definition) is 2. The van der Waals surface area contributed by atoms with E-state index in [2.05, 4.69) is 5.32 Å². The monoisotopic (exact) mass is 265 g/mol. The van der Waals surface area contributed by atoms with Crippen LogP contribution in [0.25, 0.3) is 0 Å². The Bertz CT molecular complexity index is 511. The maximum Gasteiger partial charge on any atom is 0.330 e. The van der Waals surface area contributed by atoms with E-state index in [0.29, 0.717) is 11.1 Å². The third-order valence-electron chi connectivity index (χ3n) is 3.52. The minimum Gasteiger partial charge on any atom is -0.479 e. The van der Waals surface area contributed by atoms with Crippen molar-refractivity contribution in [1.82, 2.24) is 5.32 Å². The molecule has 0 aliphatic heterocycles. The molecule has 0 saturated heterocycles. The number of aryl methyl sites for hydroxylation is 1. The first kappa shape index (κ1) is 13.5. The second-order valence-electron chi connectivity index (χ2n) is 4.92. The smallest absolute Gasteiger partial charge is 0.330 e. The van der Waals surface area contributed by atoms with Gasteiger partial charge in [-0.2, -0.15) is 0 Å². The largest absolute Gasteiger partial charge is 0.479 e. The van der Waals surface area contributed by atoms with Crippen molar-refractivity contribution in [3.8, 4) is 0 Å². The molecule has 1 amide bonds. The highest BCUT2D eigenvalue weighted by Gasteiger charge is 2.30. The molecule has 2 rings (SSSR count). The van der Waals surface area contributed by atoms with Crippen LogP contribution in [-0.4, -0.2) is 17.0 Å². The number of carboxylic acid groups (broad SMARTS) is 1. The summed E-state index contributed by atoms with van der Waals surface area (Å²) >= 11 is 0. The Morgan fingerprint density at radius 2 is 2.11 bits per heavy atom. The van der Waals surface area contributed by atoms with E-state index in [9.17, 15) is 19.1 Å². The molecule has 1 saturated carbocycles. The lowest BCUT2D eigenvalue weighted by atomic mass is 9.84. The summed E-state index contributed by atoms with van der Waals surface area (Å²) in [5.41, 5.74) is 0.751. The zero-order chi connectivity index (χ0) is 14.0. The van der Waals surface area contributed by atoms with Gasteiger partial charge in [-0.3, -0.25) is 4.79 Å². The first-order valence-electron chi connectivity index (χ1n) is 6.28. The van der Waals surface area contributed by atoms with Crippen LogP contribution in [0.3, 0.4) is 0 Å². The summed E-state index contributed by atoms with van der Waals surface area (Å²) in [6, 6.07) is 2.94. The molecule has 0 heterocycles. The number of nitrogens with one attached hydrogen (secondary N) is 1. The van der Waals surface area contributed by atoms with Gasteiger partial charge in [0, 0.05) is 5.92 Å². The third kappa shape index (κ3) is 2.92. The van der Waals surface area contributed by atoms with E-state index in [1.54, 1.807) is 6.92 Å². The standard InChI is InChI=1S/C14H16FNO3/c1-8-7-10(5-6-11(8)15)12(14(18)19)16-13(17)9-3-2-4-9/h5-7,9,12H,2-4H2,1H3,(H,16,17)(H,18,19). The van der Waals surface area contributed by atoms with Crippen LogP contribution in [0.1, 0.15) is 36.4 Å². The SMILES string of the molecule is Cc1cc(C(NC(=O)C2CCC2)C(=O)O)ccc1F. The Kier molecular flexibility index (Phi) is 3.83. The molecular weight excluding hydrogens is 249 g/mol. The summed E-state index contributed by atoms with van der Waals surface area (Å²) in [5.74, 6) is -1.85.